The van der Waals surface area contributed by atoms with Gasteiger partial charge in [-0.1, -0.05) is 29.3 Å². The lowest BCUT2D eigenvalue weighted by atomic mass is 9.95. The van der Waals surface area contributed by atoms with E-state index in [1.54, 1.807) is 12.1 Å². The Balaban J connectivity index is 1.45. The van der Waals surface area contributed by atoms with Gasteiger partial charge in [0.15, 0.2) is 0 Å². The summed E-state index contributed by atoms with van der Waals surface area (Å²) in [6.45, 7) is 3.16. The van der Waals surface area contributed by atoms with Crippen LogP contribution in [0, 0.1) is 5.92 Å². The van der Waals surface area contributed by atoms with Gasteiger partial charge in [-0.05, 0) is 49.8 Å². The number of hydrogen-bond acceptors (Lipinski definition) is 2. The molecule has 4 nitrogen and oxygen atoms in total. The summed E-state index contributed by atoms with van der Waals surface area (Å²) >= 11 is 12.1. The Kier molecular flexibility index (Phi) is 6.24. The van der Waals surface area contributed by atoms with Crippen LogP contribution in [0.4, 0.5) is 0 Å². The van der Waals surface area contributed by atoms with E-state index in [4.69, 9.17) is 23.2 Å². The first-order valence-corrected chi connectivity index (χ1v) is 9.80. The number of piperidine rings is 1. The number of halogens is 2. The fourth-order valence-corrected chi connectivity index (χ4v) is 4.20. The molecular formula is C19H24Cl2N2O2. The fourth-order valence-electron chi connectivity index (χ4n) is 3.70. The van der Waals surface area contributed by atoms with Gasteiger partial charge in [0.25, 0.3) is 0 Å². The normalized spacial score (nSPS) is 18.6. The summed E-state index contributed by atoms with van der Waals surface area (Å²) in [7, 11) is 0. The highest BCUT2D eigenvalue weighted by Crippen LogP contribution is 2.24. The fraction of sp³-hybridized carbons (Fsp3) is 0.579. The Morgan fingerprint density at radius 3 is 2.32 bits per heavy atom. The van der Waals surface area contributed by atoms with Crippen LogP contribution in [0.5, 0.6) is 0 Å². The van der Waals surface area contributed by atoms with Crippen LogP contribution < -0.4 is 0 Å². The summed E-state index contributed by atoms with van der Waals surface area (Å²) in [4.78, 5) is 28.8. The first-order valence-electron chi connectivity index (χ1n) is 9.05. The maximum Gasteiger partial charge on any atom is 0.225 e. The number of amides is 2. The van der Waals surface area contributed by atoms with Crippen molar-refractivity contribution in [3.05, 3.63) is 33.8 Å². The van der Waals surface area contributed by atoms with Gasteiger partial charge in [-0.15, -0.1) is 0 Å². The zero-order chi connectivity index (χ0) is 17.8. The molecule has 0 aromatic heterocycles. The Morgan fingerprint density at radius 2 is 1.68 bits per heavy atom. The molecule has 0 N–H and O–H groups in total. The van der Waals surface area contributed by atoms with Crippen LogP contribution in [0.3, 0.4) is 0 Å². The number of nitrogens with zero attached hydrogens (tertiary/aromatic N) is 2. The second-order valence-corrected chi connectivity index (χ2v) is 7.77. The van der Waals surface area contributed by atoms with Gasteiger partial charge in [-0.2, -0.15) is 0 Å². The van der Waals surface area contributed by atoms with E-state index in [0.717, 1.165) is 44.3 Å². The van der Waals surface area contributed by atoms with E-state index < -0.39 is 0 Å². The third-order valence-electron chi connectivity index (χ3n) is 5.24. The number of hydrogen-bond donors (Lipinski definition) is 0. The quantitative estimate of drug-likeness (QED) is 0.794. The average Bonchev–Trinajstić information content (AvgIpc) is 3.15. The number of likely N-dealkylation sites (tertiary alicyclic amines) is 2. The molecule has 0 radical (unpaired) electrons. The third kappa shape index (κ3) is 4.68. The van der Waals surface area contributed by atoms with Crippen molar-refractivity contribution >= 4 is 35.0 Å². The Hall–Kier alpha value is -1.26. The molecule has 1 aromatic rings. The summed E-state index contributed by atoms with van der Waals surface area (Å²) in [6.07, 6.45) is 4.85. The van der Waals surface area contributed by atoms with Gasteiger partial charge in [0.1, 0.15) is 0 Å². The molecule has 6 heteroatoms. The minimum absolute atomic E-state index is 0.0906. The molecule has 2 amide bonds. The molecule has 3 rings (SSSR count). The maximum absolute atomic E-state index is 12.4. The molecule has 0 aliphatic carbocycles. The summed E-state index contributed by atoms with van der Waals surface area (Å²) in [5, 5.41) is 1.21. The predicted octanol–water partition coefficient (Wildman–Crippen LogP) is 3.79. The van der Waals surface area contributed by atoms with Crippen LogP contribution in [-0.2, 0) is 16.0 Å². The lowest BCUT2D eigenvalue weighted by Gasteiger charge is -2.33. The highest BCUT2D eigenvalue weighted by Gasteiger charge is 2.31. The largest absolute Gasteiger partial charge is 0.343 e. The van der Waals surface area contributed by atoms with Crippen molar-refractivity contribution in [1.29, 1.82) is 0 Å². The van der Waals surface area contributed by atoms with Gasteiger partial charge in [0.05, 0.1) is 0 Å². The Morgan fingerprint density at radius 1 is 1.00 bits per heavy atom. The average molecular weight is 383 g/mol. The number of rotatable bonds is 4. The van der Waals surface area contributed by atoms with Gasteiger partial charge in [0.2, 0.25) is 11.8 Å². The molecule has 2 aliphatic rings. The molecule has 1 aromatic carbocycles. The number of carbonyl (C=O) groups excluding carboxylic acids is 2. The molecule has 2 saturated heterocycles. The molecule has 2 fully saturated rings. The molecule has 0 bridgehead atoms. The van der Waals surface area contributed by atoms with Crippen molar-refractivity contribution in [2.75, 3.05) is 26.2 Å². The lowest BCUT2D eigenvalue weighted by Crippen LogP contribution is -2.43. The third-order valence-corrected chi connectivity index (χ3v) is 5.82. The molecule has 0 saturated carbocycles. The molecule has 0 spiro atoms. The topological polar surface area (TPSA) is 40.6 Å². The van der Waals surface area contributed by atoms with Crippen molar-refractivity contribution in [1.82, 2.24) is 9.80 Å². The molecule has 2 heterocycles. The molecule has 0 atom stereocenters. The maximum atomic E-state index is 12.4. The zero-order valence-corrected chi connectivity index (χ0v) is 15.9. The lowest BCUT2D eigenvalue weighted by molar-refractivity contribution is -0.140. The van der Waals surface area contributed by atoms with E-state index in [1.165, 1.54) is 0 Å². The van der Waals surface area contributed by atoms with Gasteiger partial charge in [-0.3, -0.25) is 9.59 Å². The molecule has 136 valence electrons. The molecule has 0 unspecified atom stereocenters. The SMILES string of the molecule is O=C(CCc1ccc(Cl)cc1Cl)N1CCC(C(=O)N2CCCC2)CC1. The highest BCUT2D eigenvalue weighted by atomic mass is 35.5. The standard InChI is InChI=1S/C19H24Cl2N2O2/c20-16-5-3-14(17(21)13-16)4-6-18(24)22-11-7-15(8-12-22)19(25)23-9-1-2-10-23/h3,5,13,15H,1-2,4,6-12H2. The van der Waals surface area contributed by atoms with E-state index in [-0.39, 0.29) is 17.7 Å². The van der Waals surface area contributed by atoms with Crippen molar-refractivity contribution in [3.8, 4) is 0 Å². The monoisotopic (exact) mass is 382 g/mol. The summed E-state index contributed by atoms with van der Waals surface area (Å²) in [5.74, 6) is 0.517. The second kappa shape index (κ2) is 8.41. The smallest absolute Gasteiger partial charge is 0.225 e. The van der Waals surface area contributed by atoms with Gasteiger partial charge >= 0.3 is 0 Å². The number of benzene rings is 1. The predicted molar refractivity (Wildman–Crippen MR) is 99.9 cm³/mol. The number of aryl methyl sites for hydroxylation is 1. The van der Waals surface area contributed by atoms with E-state index >= 15 is 0 Å². The van der Waals surface area contributed by atoms with E-state index in [2.05, 4.69) is 0 Å². The molecule has 25 heavy (non-hydrogen) atoms. The van der Waals surface area contributed by atoms with Crippen LogP contribution in [0.25, 0.3) is 0 Å². The van der Waals surface area contributed by atoms with Crippen LogP contribution in [0.15, 0.2) is 18.2 Å². The van der Waals surface area contributed by atoms with E-state index in [9.17, 15) is 9.59 Å². The van der Waals surface area contributed by atoms with Crippen molar-refractivity contribution in [3.63, 3.8) is 0 Å². The van der Waals surface area contributed by atoms with E-state index in [0.29, 0.717) is 36.0 Å². The van der Waals surface area contributed by atoms with E-state index in [1.807, 2.05) is 15.9 Å². The second-order valence-electron chi connectivity index (χ2n) is 6.92. The van der Waals surface area contributed by atoms with Crippen molar-refractivity contribution in [2.24, 2.45) is 5.92 Å². The Bertz CT molecular complexity index is 636. The first-order chi connectivity index (χ1) is 12.0. The van der Waals surface area contributed by atoms with Crippen LogP contribution in [0.2, 0.25) is 10.0 Å². The Labute approximate surface area is 159 Å². The van der Waals surface area contributed by atoms with Crippen molar-refractivity contribution in [2.45, 2.75) is 38.5 Å². The molecule has 2 aliphatic heterocycles. The summed E-state index contributed by atoms with van der Waals surface area (Å²) in [5.41, 5.74) is 0.943. The van der Waals surface area contributed by atoms with Crippen molar-refractivity contribution < 1.29 is 9.59 Å². The van der Waals surface area contributed by atoms with Crippen LogP contribution in [0.1, 0.15) is 37.7 Å². The highest BCUT2D eigenvalue weighted by molar-refractivity contribution is 6.35. The minimum atomic E-state index is 0.0906. The van der Waals surface area contributed by atoms with Crippen LogP contribution >= 0.6 is 23.2 Å². The summed E-state index contributed by atoms with van der Waals surface area (Å²) < 4.78 is 0. The molecular weight excluding hydrogens is 359 g/mol. The van der Waals surface area contributed by atoms with Crippen LogP contribution in [-0.4, -0.2) is 47.8 Å². The van der Waals surface area contributed by atoms with Gasteiger partial charge in [0, 0.05) is 48.6 Å². The summed E-state index contributed by atoms with van der Waals surface area (Å²) in [6, 6.07) is 5.37. The van der Waals surface area contributed by atoms with Gasteiger partial charge in [-0.25, -0.2) is 0 Å². The first kappa shape index (κ1) is 18.5. The van der Waals surface area contributed by atoms with Gasteiger partial charge < -0.3 is 9.80 Å². The number of carbonyl (C=O) groups is 2. The zero-order valence-electron chi connectivity index (χ0n) is 14.3. The minimum Gasteiger partial charge on any atom is -0.343 e.